The van der Waals surface area contributed by atoms with E-state index in [2.05, 4.69) is 20.3 Å². The molecule has 0 bridgehead atoms. The summed E-state index contributed by atoms with van der Waals surface area (Å²) in [6.45, 7) is 7.81. The predicted molar refractivity (Wildman–Crippen MR) is 130 cm³/mol. The highest BCUT2D eigenvalue weighted by molar-refractivity contribution is 5.94. The van der Waals surface area contributed by atoms with Crippen LogP contribution in [0.5, 0.6) is 11.5 Å². The Morgan fingerprint density at radius 3 is 2.44 bits per heavy atom. The Labute approximate surface area is 199 Å². The fraction of sp³-hybridized carbons (Fsp3) is 0.400. The first-order valence-corrected chi connectivity index (χ1v) is 11.5. The van der Waals surface area contributed by atoms with E-state index in [1.807, 2.05) is 49.2 Å². The Bertz CT molecular complexity index is 1100. The molecule has 1 amide bonds. The predicted octanol–water partition coefficient (Wildman–Crippen LogP) is 2.91. The molecule has 1 saturated heterocycles. The van der Waals surface area contributed by atoms with E-state index in [1.54, 1.807) is 25.6 Å². The topological polar surface area (TPSA) is 89.1 Å². The van der Waals surface area contributed by atoms with E-state index in [9.17, 15) is 4.79 Å². The largest absolute Gasteiger partial charge is 0.491 e. The second-order valence-corrected chi connectivity index (χ2v) is 8.32. The highest BCUT2D eigenvalue weighted by Gasteiger charge is 2.21. The Hall–Kier alpha value is -3.43. The molecule has 1 N–H and O–H groups in total. The highest BCUT2D eigenvalue weighted by Crippen LogP contribution is 2.27. The number of fused-ring (bicyclic) bond motifs is 1. The second kappa shape index (κ2) is 11.1. The maximum atomic E-state index is 12.7. The van der Waals surface area contributed by atoms with E-state index in [4.69, 9.17) is 14.2 Å². The van der Waals surface area contributed by atoms with Crippen LogP contribution >= 0.6 is 0 Å². The third kappa shape index (κ3) is 5.92. The van der Waals surface area contributed by atoms with Gasteiger partial charge in [0.2, 0.25) is 0 Å². The van der Waals surface area contributed by atoms with Crippen molar-refractivity contribution in [1.82, 2.24) is 20.4 Å². The standard InChI is InChI=1S/C25H31N5O4/c1-18(2)34-20-6-4-19(5-7-20)25(31)28-30-12-10-29(11-13-30)24-22-9-8-21(33-15-14-32-3)16-23(22)26-17-27-24/h4-9,16-18H,10-15H2,1-3H3,(H,28,31). The Balaban J connectivity index is 1.34. The molecular formula is C25H31N5O4. The van der Waals surface area contributed by atoms with Gasteiger partial charge in [0.25, 0.3) is 5.91 Å². The van der Waals surface area contributed by atoms with Crippen LogP contribution in [0.2, 0.25) is 0 Å². The van der Waals surface area contributed by atoms with Gasteiger partial charge < -0.3 is 19.1 Å². The first-order valence-electron chi connectivity index (χ1n) is 11.5. The van der Waals surface area contributed by atoms with E-state index < -0.39 is 0 Å². The van der Waals surface area contributed by atoms with E-state index in [0.29, 0.717) is 31.9 Å². The summed E-state index contributed by atoms with van der Waals surface area (Å²) >= 11 is 0. The van der Waals surface area contributed by atoms with Crippen LogP contribution in [0.1, 0.15) is 24.2 Å². The van der Waals surface area contributed by atoms with Gasteiger partial charge in [-0.1, -0.05) is 0 Å². The number of aromatic nitrogens is 2. The van der Waals surface area contributed by atoms with Crippen LogP contribution in [0.4, 0.5) is 5.82 Å². The van der Waals surface area contributed by atoms with Crippen LogP contribution in [0.3, 0.4) is 0 Å². The molecule has 1 fully saturated rings. The second-order valence-electron chi connectivity index (χ2n) is 8.32. The number of nitrogens with zero attached hydrogens (tertiary/aromatic N) is 4. The Morgan fingerprint density at radius 1 is 1.00 bits per heavy atom. The summed E-state index contributed by atoms with van der Waals surface area (Å²) in [7, 11) is 1.65. The van der Waals surface area contributed by atoms with Crippen molar-refractivity contribution in [3.63, 3.8) is 0 Å². The monoisotopic (exact) mass is 465 g/mol. The van der Waals surface area contributed by atoms with Crippen LogP contribution in [0.15, 0.2) is 48.8 Å². The van der Waals surface area contributed by atoms with Gasteiger partial charge >= 0.3 is 0 Å². The van der Waals surface area contributed by atoms with Gasteiger partial charge in [-0.25, -0.2) is 15.0 Å². The third-order valence-electron chi connectivity index (χ3n) is 5.47. The summed E-state index contributed by atoms with van der Waals surface area (Å²) in [6.07, 6.45) is 1.68. The number of ether oxygens (including phenoxy) is 3. The van der Waals surface area contributed by atoms with Crippen LogP contribution < -0.4 is 19.8 Å². The van der Waals surface area contributed by atoms with Crippen molar-refractivity contribution in [2.75, 3.05) is 51.4 Å². The fourth-order valence-electron chi connectivity index (χ4n) is 3.80. The minimum Gasteiger partial charge on any atom is -0.491 e. The lowest BCUT2D eigenvalue weighted by Crippen LogP contribution is -2.53. The molecule has 2 heterocycles. The number of amides is 1. The number of piperazine rings is 1. The quantitative estimate of drug-likeness (QED) is 0.483. The molecule has 9 nitrogen and oxygen atoms in total. The lowest BCUT2D eigenvalue weighted by Gasteiger charge is -2.35. The number of nitrogens with one attached hydrogen (secondary N) is 1. The van der Waals surface area contributed by atoms with Gasteiger partial charge in [0.05, 0.1) is 18.2 Å². The number of hydrogen-bond acceptors (Lipinski definition) is 8. The van der Waals surface area contributed by atoms with Crippen LogP contribution in [0.25, 0.3) is 10.9 Å². The van der Waals surface area contributed by atoms with Crippen LogP contribution in [0, 0.1) is 0 Å². The fourth-order valence-corrected chi connectivity index (χ4v) is 3.80. The highest BCUT2D eigenvalue weighted by atomic mass is 16.5. The van der Waals surface area contributed by atoms with Crippen molar-refractivity contribution in [1.29, 1.82) is 0 Å². The van der Waals surface area contributed by atoms with Crippen LogP contribution in [-0.4, -0.2) is 73.5 Å². The van der Waals surface area contributed by atoms with Gasteiger partial charge in [0.1, 0.15) is 30.3 Å². The molecule has 0 radical (unpaired) electrons. The van der Waals surface area contributed by atoms with Crippen molar-refractivity contribution in [2.24, 2.45) is 0 Å². The summed E-state index contributed by atoms with van der Waals surface area (Å²) in [5.74, 6) is 2.27. The molecule has 2 aromatic carbocycles. The molecule has 0 saturated carbocycles. The normalized spacial score (nSPS) is 14.4. The molecule has 180 valence electrons. The maximum absolute atomic E-state index is 12.7. The number of carbonyl (C=O) groups is 1. The summed E-state index contributed by atoms with van der Waals surface area (Å²) < 4.78 is 16.4. The number of hydrogen-bond donors (Lipinski definition) is 1. The molecule has 3 aromatic rings. The molecular weight excluding hydrogens is 434 g/mol. The maximum Gasteiger partial charge on any atom is 0.265 e. The molecule has 4 rings (SSSR count). The number of hydrazine groups is 1. The molecule has 0 aliphatic carbocycles. The van der Waals surface area contributed by atoms with E-state index in [1.165, 1.54) is 0 Å². The Kier molecular flexibility index (Phi) is 7.76. The molecule has 0 unspecified atom stereocenters. The van der Waals surface area contributed by atoms with Gasteiger partial charge in [0.15, 0.2) is 0 Å². The zero-order chi connectivity index (χ0) is 23.9. The number of anilines is 1. The molecule has 34 heavy (non-hydrogen) atoms. The van der Waals surface area contributed by atoms with Gasteiger partial charge in [0, 0.05) is 50.3 Å². The molecule has 9 heteroatoms. The van der Waals surface area contributed by atoms with Gasteiger partial charge in [-0.15, -0.1) is 0 Å². The average Bonchev–Trinajstić information content (AvgIpc) is 2.84. The SMILES string of the molecule is COCCOc1ccc2c(N3CCN(NC(=O)c4ccc(OC(C)C)cc4)CC3)ncnc2c1. The number of methoxy groups -OCH3 is 1. The first-order chi connectivity index (χ1) is 16.5. The Morgan fingerprint density at radius 2 is 1.74 bits per heavy atom. The number of carbonyl (C=O) groups excluding carboxylic acids is 1. The van der Waals surface area contributed by atoms with Crippen molar-refractivity contribution in [3.8, 4) is 11.5 Å². The molecule has 0 atom stereocenters. The summed E-state index contributed by atoms with van der Waals surface area (Å²) in [6, 6.07) is 13.0. The molecule has 1 aliphatic heterocycles. The molecule has 0 spiro atoms. The molecule has 1 aromatic heterocycles. The van der Waals surface area contributed by atoms with Crippen molar-refractivity contribution in [3.05, 3.63) is 54.4 Å². The third-order valence-corrected chi connectivity index (χ3v) is 5.47. The van der Waals surface area contributed by atoms with E-state index >= 15 is 0 Å². The minimum atomic E-state index is -0.127. The number of rotatable bonds is 9. The van der Waals surface area contributed by atoms with Crippen molar-refractivity contribution >= 4 is 22.6 Å². The van der Waals surface area contributed by atoms with Gasteiger partial charge in [-0.2, -0.15) is 0 Å². The molecule has 1 aliphatic rings. The van der Waals surface area contributed by atoms with Gasteiger partial charge in [-0.05, 0) is 50.2 Å². The summed E-state index contributed by atoms with van der Waals surface area (Å²) in [4.78, 5) is 23.8. The zero-order valence-electron chi connectivity index (χ0n) is 19.9. The first kappa shape index (κ1) is 23.7. The zero-order valence-corrected chi connectivity index (χ0v) is 19.9. The number of benzene rings is 2. The lowest BCUT2D eigenvalue weighted by atomic mass is 10.2. The van der Waals surface area contributed by atoms with Crippen LogP contribution in [-0.2, 0) is 4.74 Å². The van der Waals surface area contributed by atoms with E-state index in [-0.39, 0.29) is 12.0 Å². The summed E-state index contributed by atoms with van der Waals surface area (Å²) in [5, 5.41) is 2.92. The van der Waals surface area contributed by atoms with E-state index in [0.717, 1.165) is 41.3 Å². The van der Waals surface area contributed by atoms with Crippen molar-refractivity contribution in [2.45, 2.75) is 20.0 Å². The smallest absolute Gasteiger partial charge is 0.265 e. The van der Waals surface area contributed by atoms with Crippen molar-refractivity contribution < 1.29 is 19.0 Å². The average molecular weight is 466 g/mol. The lowest BCUT2D eigenvalue weighted by molar-refractivity contribution is 0.0777. The summed E-state index contributed by atoms with van der Waals surface area (Å²) in [5.41, 5.74) is 4.44. The minimum absolute atomic E-state index is 0.0965. The van der Waals surface area contributed by atoms with Gasteiger partial charge in [-0.3, -0.25) is 10.2 Å².